The molecule has 6 heteroatoms. The van der Waals surface area contributed by atoms with Crippen LogP contribution >= 0.6 is 11.6 Å². The molecule has 0 unspecified atom stereocenters. The molecular formula is C14H14ClN3O2. The summed E-state index contributed by atoms with van der Waals surface area (Å²) < 4.78 is 5.36. The average molecular weight is 292 g/mol. The molecule has 2 aromatic rings. The maximum absolute atomic E-state index is 12.2. The van der Waals surface area contributed by atoms with Crippen molar-refractivity contribution in [3.05, 3.63) is 46.9 Å². The molecule has 5 nitrogen and oxygen atoms in total. The highest BCUT2D eigenvalue weighted by molar-refractivity contribution is 6.29. The monoisotopic (exact) mass is 291 g/mol. The third kappa shape index (κ3) is 3.45. The van der Waals surface area contributed by atoms with E-state index in [-0.39, 0.29) is 11.1 Å². The van der Waals surface area contributed by atoms with E-state index in [4.69, 9.17) is 16.3 Å². The van der Waals surface area contributed by atoms with Crippen LogP contribution in [0.3, 0.4) is 0 Å². The molecule has 0 bridgehead atoms. The van der Waals surface area contributed by atoms with E-state index in [0.717, 1.165) is 0 Å². The van der Waals surface area contributed by atoms with Crippen molar-refractivity contribution in [3.63, 3.8) is 0 Å². The van der Waals surface area contributed by atoms with Crippen molar-refractivity contribution < 1.29 is 9.53 Å². The lowest BCUT2D eigenvalue weighted by Gasteiger charge is -2.10. The van der Waals surface area contributed by atoms with Crippen LogP contribution in [0.15, 0.2) is 30.5 Å². The molecule has 0 spiro atoms. The number of carbonyl (C=O) groups is 1. The number of carbonyl (C=O) groups excluding carboxylic acids is 1. The van der Waals surface area contributed by atoms with E-state index >= 15 is 0 Å². The summed E-state index contributed by atoms with van der Waals surface area (Å²) in [6.07, 6.45) is 1.61. The van der Waals surface area contributed by atoms with Crippen LogP contribution in [0.2, 0.25) is 5.15 Å². The van der Waals surface area contributed by atoms with Gasteiger partial charge in [-0.3, -0.25) is 4.79 Å². The fourth-order valence-corrected chi connectivity index (χ4v) is 1.94. The third-order valence-electron chi connectivity index (χ3n) is 2.48. The summed E-state index contributed by atoms with van der Waals surface area (Å²) in [7, 11) is 0. The van der Waals surface area contributed by atoms with Crippen LogP contribution < -0.4 is 10.1 Å². The Hall–Kier alpha value is -2.14. The highest BCUT2D eigenvalue weighted by atomic mass is 35.5. The van der Waals surface area contributed by atoms with Crippen molar-refractivity contribution >= 4 is 23.2 Å². The number of aromatic nitrogens is 2. The average Bonchev–Trinajstić information content (AvgIpc) is 2.40. The Morgan fingerprint density at radius 2 is 2.25 bits per heavy atom. The molecule has 0 aliphatic carbocycles. The fourth-order valence-electron chi connectivity index (χ4n) is 1.69. The number of ether oxygens (including phenoxy) is 1. The van der Waals surface area contributed by atoms with Crippen molar-refractivity contribution in [2.75, 3.05) is 11.9 Å². The summed E-state index contributed by atoms with van der Waals surface area (Å²) in [5, 5.41) is 3.04. The highest BCUT2D eigenvalue weighted by Crippen LogP contribution is 2.21. The second kappa shape index (κ2) is 6.34. The van der Waals surface area contributed by atoms with Gasteiger partial charge in [-0.2, -0.15) is 0 Å². The molecule has 20 heavy (non-hydrogen) atoms. The van der Waals surface area contributed by atoms with Crippen molar-refractivity contribution in [1.82, 2.24) is 9.97 Å². The maximum Gasteiger partial charge on any atom is 0.255 e. The van der Waals surface area contributed by atoms with Gasteiger partial charge in [0.05, 0.1) is 6.61 Å². The summed E-state index contributed by atoms with van der Waals surface area (Å²) in [5.41, 5.74) is 1.64. The van der Waals surface area contributed by atoms with Gasteiger partial charge in [-0.05, 0) is 38.1 Å². The van der Waals surface area contributed by atoms with Gasteiger partial charge in [-0.1, -0.05) is 11.6 Å². The molecule has 104 valence electrons. The van der Waals surface area contributed by atoms with E-state index in [2.05, 4.69) is 15.3 Å². The van der Waals surface area contributed by atoms with E-state index in [1.165, 1.54) is 6.07 Å². The number of rotatable bonds is 4. The van der Waals surface area contributed by atoms with Crippen LogP contribution in [0.5, 0.6) is 5.88 Å². The van der Waals surface area contributed by atoms with Crippen LogP contribution in [0.25, 0.3) is 0 Å². The number of nitrogens with zero attached hydrogens (tertiary/aromatic N) is 2. The smallest absolute Gasteiger partial charge is 0.255 e. The quantitative estimate of drug-likeness (QED) is 0.879. The molecule has 2 aromatic heterocycles. The minimum Gasteiger partial charge on any atom is -0.476 e. The zero-order valence-electron chi connectivity index (χ0n) is 11.2. The van der Waals surface area contributed by atoms with Gasteiger partial charge in [-0.25, -0.2) is 9.97 Å². The molecule has 0 saturated heterocycles. The lowest BCUT2D eigenvalue weighted by molar-refractivity contribution is 0.102. The first-order valence-electron chi connectivity index (χ1n) is 6.13. The molecular weight excluding hydrogens is 278 g/mol. The molecule has 0 saturated carbocycles. The van der Waals surface area contributed by atoms with Crippen LogP contribution in [0, 0.1) is 6.92 Å². The zero-order chi connectivity index (χ0) is 14.5. The summed E-state index contributed by atoms with van der Waals surface area (Å²) in [6, 6.07) is 6.63. The molecule has 2 rings (SSSR count). The van der Waals surface area contributed by atoms with Gasteiger partial charge in [0.1, 0.15) is 10.8 Å². The van der Waals surface area contributed by atoms with Gasteiger partial charge >= 0.3 is 0 Å². The second-order valence-corrected chi connectivity index (χ2v) is 4.45. The van der Waals surface area contributed by atoms with Gasteiger partial charge in [0.25, 0.3) is 5.91 Å². The summed E-state index contributed by atoms with van der Waals surface area (Å²) in [6.45, 7) is 4.10. The lowest BCUT2D eigenvalue weighted by atomic mass is 10.2. The van der Waals surface area contributed by atoms with E-state index in [1.807, 2.05) is 6.92 Å². The number of anilines is 1. The normalized spacial score (nSPS) is 10.2. The Morgan fingerprint density at radius 1 is 1.45 bits per heavy atom. The minimum atomic E-state index is -0.286. The number of aryl methyl sites for hydroxylation is 1. The number of nitrogens with one attached hydrogen (secondary N) is 1. The predicted molar refractivity (Wildman–Crippen MR) is 77.3 cm³/mol. The Morgan fingerprint density at radius 3 is 2.95 bits per heavy atom. The van der Waals surface area contributed by atoms with Crippen molar-refractivity contribution in [2.45, 2.75) is 13.8 Å². The molecule has 1 N–H and O–H groups in total. The first-order chi connectivity index (χ1) is 9.60. The number of amides is 1. The molecule has 0 radical (unpaired) electrons. The third-order valence-corrected chi connectivity index (χ3v) is 2.68. The summed E-state index contributed by atoms with van der Waals surface area (Å²) in [5.74, 6) is 0.103. The minimum absolute atomic E-state index is 0.284. The zero-order valence-corrected chi connectivity index (χ0v) is 11.9. The highest BCUT2D eigenvalue weighted by Gasteiger charge is 2.12. The fraction of sp³-hybridized carbons (Fsp3) is 0.214. The van der Waals surface area contributed by atoms with Gasteiger partial charge in [0, 0.05) is 17.5 Å². The van der Waals surface area contributed by atoms with Crippen LogP contribution in [0.4, 0.5) is 5.69 Å². The van der Waals surface area contributed by atoms with Gasteiger partial charge in [-0.15, -0.1) is 0 Å². The Balaban J connectivity index is 2.23. The SMILES string of the molecule is CCOc1ncccc1NC(=O)c1cc(C)nc(Cl)c1. The number of hydrogen-bond donors (Lipinski definition) is 1. The molecule has 0 atom stereocenters. The molecule has 0 aliphatic heterocycles. The van der Waals surface area contributed by atoms with Crippen molar-refractivity contribution in [1.29, 1.82) is 0 Å². The Bertz CT molecular complexity index is 611. The number of halogens is 1. The van der Waals surface area contributed by atoms with E-state index in [9.17, 15) is 4.79 Å². The van der Waals surface area contributed by atoms with Crippen molar-refractivity contribution in [2.24, 2.45) is 0 Å². The van der Waals surface area contributed by atoms with Crippen LogP contribution in [-0.2, 0) is 0 Å². The number of pyridine rings is 2. The Labute approximate surface area is 122 Å². The van der Waals surface area contributed by atoms with E-state index in [1.54, 1.807) is 31.3 Å². The summed E-state index contributed by atoms with van der Waals surface area (Å²) in [4.78, 5) is 20.3. The lowest BCUT2D eigenvalue weighted by Crippen LogP contribution is -2.14. The van der Waals surface area contributed by atoms with Crippen LogP contribution in [-0.4, -0.2) is 22.5 Å². The first kappa shape index (κ1) is 14.3. The predicted octanol–water partition coefficient (Wildman–Crippen LogP) is 3.09. The molecule has 0 aliphatic rings. The van der Waals surface area contributed by atoms with Gasteiger partial charge in [0.15, 0.2) is 0 Å². The Kier molecular flexibility index (Phi) is 4.53. The summed E-state index contributed by atoms with van der Waals surface area (Å²) >= 11 is 5.85. The largest absolute Gasteiger partial charge is 0.476 e. The van der Waals surface area contributed by atoms with Gasteiger partial charge < -0.3 is 10.1 Å². The molecule has 1 amide bonds. The topological polar surface area (TPSA) is 64.1 Å². The molecule has 0 fully saturated rings. The molecule has 2 heterocycles. The second-order valence-electron chi connectivity index (χ2n) is 4.06. The standard InChI is InChI=1S/C14H14ClN3O2/c1-3-20-14-11(5-4-6-16-14)18-13(19)10-7-9(2)17-12(15)8-10/h4-8H,3H2,1-2H3,(H,18,19). The molecule has 0 aromatic carbocycles. The number of hydrogen-bond acceptors (Lipinski definition) is 4. The van der Waals surface area contributed by atoms with Gasteiger partial charge in [0.2, 0.25) is 5.88 Å². The maximum atomic E-state index is 12.2. The van der Waals surface area contributed by atoms with E-state index < -0.39 is 0 Å². The van der Waals surface area contributed by atoms with Crippen molar-refractivity contribution in [3.8, 4) is 5.88 Å². The van der Waals surface area contributed by atoms with Crippen LogP contribution in [0.1, 0.15) is 23.0 Å². The first-order valence-corrected chi connectivity index (χ1v) is 6.51. The van der Waals surface area contributed by atoms with E-state index in [0.29, 0.717) is 29.4 Å².